The van der Waals surface area contributed by atoms with Gasteiger partial charge in [-0.05, 0) is 18.2 Å². The van der Waals surface area contributed by atoms with Crippen molar-refractivity contribution in [1.29, 1.82) is 0 Å². The van der Waals surface area contributed by atoms with Crippen LogP contribution in [0.25, 0.3) is 10.9 Å². The summed E-state index contributed by atoms with van der Waals surface area (Å²) in [5.74, 6) is -0.537. The summed E-state index contributed by atoms with van der Waals surface area (Å²) in [4.78, 5) is 5.50. The minimum Gasteiger partial charge on any atom is -0.494 e. The average Bonchev–Trinajstić information content (AvgIpc) is 3.09. The summed E-state index contributed by atoms with van der Waals surface area (Å²) in [6, 6.07) is 7.64. The number of aromatic nitrogens is 1. The molecule has 1 aromatic heterocycles. The fourth-order valence-corrected chi connectivity index (χ4v) is 4.65. The Hall–Kier alpha value is -2.77. The maximum absolute atomic E-state index is 11.8. The Labute approximate surface area is 158 Å². The van der Waals surface area contributed by atoms with E-state index in [0.29, 0.717) is 0 Å². The van der Waals surface area contributed by atoms with Crippen LogP contribution in [0.1, 0.15) is 17.2 Å². The van der Waals surface area contributed by atoms with Gasteiger partial charge in [-0.2, -0.15) is 16.8 Å². The number of aromatic amines is 1. The zero-order valence-corrected chi connectivity index (χ0v) is 15.4. The van der Waals surface area contributed by atoms with Gasteiger partial charge < -0.3 is 15.2 Å². The zero-order valence-electron chi connectivity index (χ0n) is 13.7. The van der Waals surface area contributed by atoms with Crippen molar-refractivity contribution < 1.29 is 36.2 Å². The molecule has 0 aliphatic carbocycles. The molecule has 28 heavy (non-hydrogen) atoms. The molecule has 5 N–H and O–H groups in total. The molecule has 1 aliphatic rings. The molecule has 12 heteroatoms. The Morgan fingerprint density at radius 1 is 0.929 bits per heavy atom. The molecule has 1 unspecified atom stereocenters. The first-order valence-corrected chi connectivity index (χ1v) is 10.6. The van der Waals surface area contributed by atoms with Crippen LogP contribution in [0.2, 0.25) is 0 Å². The Morgan fingerprint density at radius 2 is 1.54 bits per heavy atom. The standard InChI is InChI=1S/C16H12N2O8S2/c19-15-7-3-1-6-10(28(24,25)26)13(7)18-14(15)12-11-8(17-16(12)20)4-2-5-9(11)27(21,22)23/h1-6,15,17,19-20H,(H,21,22,23)(H,24,25,26). The number of para-hydroxylation sites is 1. The predicted molar refractivity (Wildman–Crippen MR) is 97.2 cm³/mol. The summed E-state index contributed by atoms with van der Waals surface area (Å²) in [5, 5.41) is 20.8. The number of aliphatic hydroxyl groups excluding tert-OH is 1. The number of H-pyrrole nitrogens is 1. The van der Waals surface area contributed by atoms with Gasteiger partial charge in [-0.1, -0.05) is 18.2 Å². The molecule has 0 saturated carbocycles. The molecule has 1 atom stereocenters. The molecule has 2 heterocycles. The maximum Gasteiger partial charge on any atom is 0.296 e. The Kier molecular flexibility index (Phi) is 3.89. The molecule has 10 nitrogen and oxygen atoms in total. The predicted octanol–water partition coefficient (Wildman–Crippen LogP) is 1.53. The number of aromatic hydroxyl groups is 1. The summed E-state index contributed by atoms with van der Waals surface area (Å²) in [7, 11) is -9.34. The monoisotopic (exact) mass is 424 g/mol. The minimum atomic E-state index is -4.69. The van der Waals surface area contributed by atoms with Crippen LogP contribution in [0.4, 0.5) is 5.69 Å². The fraction of sp³-hybridized carbons (Fsp3) is 0.0625. The van der Waals surface area contributed by atoms with Gasteiger partial charge in [-0.25, -0.2) is 4.99 Å². The lowest BCUT2D eigenvalue weighted by atomic mass is 10.0. The van der Waals surface area contributed by atoms with Crippen molar-refractivity contribution in [3.8, 4) is 5.88 Å². The Bertz CT molecular complexity index is 1390. The number of hydrogen-bond donors (Lipinski definition) is 5. The van der Waals surface area contributed by atoms with Crippen LogP contribution >= 0.6 is 0 Å². The van der Waals surface area contributed by atoms with Gasteiger partial charge in [-0.3, -0.25) is 9.11 Å². The van der Waals surface area contributed by atoms with Crippen molar-refractivity contribution in [1.82, 2.24) is 4.98 Å². The van der Waals surface area contributed by atoms with Gasteiger partial charge in [-0.15, -0.1) is 0 Å². The lowest BCUT2D eigenvalue weighted by Gasteiger charge is -2.09. The summed E-state index contributed by atoms with van der Waals surface area (Å²) >= 11 is 0. The zero-order chi connectivity index (χ0) is 20.4. The second kappa shape index (κ2) is 5.86. The number of aliphatic hydroxyl groups is 1. The number of rotatable bonds is 3. The Balaban J connectivity index is 2.06. The smallest absolute Gasteiger partial charge is 0.296 e. The van der Waals surface area contributed by atoms with Crippen LogP contribution < -0.4 is 0 Å². The highest BCUT2D eigenvalue weighted by molar-refractivity contribution is 7.86. The average molecular weight is 424 g/mol. The van der Waals surface area contributed by atoms with Crippen molar-refractivity contribution in [3.05, 3.63) is 47.5 Å². The molecule has 146 valence electrons. The van der Waals surface area contributed by atoms with E-state index in [0.717, 1.165) is 12.1 Å². The van der Waals surface area contributed by atoms with E-state index < -0.39 is 42.0 Å². The van der Waals surface area contributed by atoms with Crippen molar-refractivity contribution in [3.63, 3.8) is 0 Å². The first-order valence-electron chi connectivity index (χ1n) is 7.68. The molecule has 3 aromatic rings. The normalized spacial score (nSPS) is 17.0. The van der Waals surface area contributed by atoms with Gasteiger partial charge in [0.25, 0.3) is 20.2 Å². The van der Waals surface area contributed by atoms with Crippen LogP contribution in [0.15, 0.2) is 51.2 Å². The van der Waals surface area contributed by atoms with E-state index >= 15 is 0 Å². The summed E-state index contributed by atoms with van der Waals surface area (Å²) in [5.41, 5.74) is -0.503. The number of aliphatic imine (C=N–C) groups is 1. The highest BCUT2D eigenvalue weighted by Crippen LogP contribution is 2.44. The topological polar surface area (TPSA) is 177 Å². The largest absolute Gasteiger partial charge is 0.494 e. The number of benzene rings is 2. The fourth-order valence-electron chi connectivity index (χ4n) is 3.28. The van der Waals surface area contributed by atoms with E-state index in [-0.39, 0.29) is 33.4 Å². The molecule has 0 radical (unpaired) electrons. The van der Waals surface area contributed by atoms with E-state index in [9.17, 15) is 36.2 Å². The van der Waals surface area contributed by atoms with Gasteiger partial charge >= 0.3 is 0 Å². The van der Waals surface area contributed by atoms with E-state index in [2.05, 4.69) is 9.98 Å². The second-order valence-electron chi connectivity index (χ2n) is 6.07. The van der Waals surface area contributed by atoms with Crippen molar-refractivity contribution in [2.45, 2.75) is 15.9 Å². The molecule has 2 aromatic carbocycles. The molecule has 0 bridgehead atoms. The maximum atomic E-state index is 11.8. The second-order valence-corrected chi connectivity index (χ2v) is 8.85. The number of nitrogens with one attached hydrogen (secondary N) is 1. The first kappa shape index (κ1) is 18.6. The highest BCUT2D eigenvalue weighted by Gasteiger charge is 2.35. The van der Waals surface area contributed by atoms with Crippen LogP contribution in [0.5, 0.6) is 5.88 Å². The third-order valence-electron chi connectivity index (χ3n) is 4.39. The van der Waals surface area contributed by atoms with Gasteiger partial charge in [0, 0.05) is 10.9 Å². The lowest BCUT2D eigenvalue weighted by molar-refractivity contribution is 0.251. The lowest BCUT2D eigenvalue weighted by Crippen LogP contribution is -2.10. The highest BCUT2D eigenvalue weighted by atomic mass is 32.2. The van der Waals surface area contributed by atoms with Crippen LogP contribution in [0.3, 0.4) is 0 Å². The molecule has 0 amide bonds. The number of hydrogen-bond acceptors (Lipinski definition) is 7. The third-order valence-corrected chi connectivity index (χ3v) is 6.18. The van der Waals surface area contributed by atoms with Crippen LogP contribution in [-0.4, -0.2) is 46.8 Å². The molecular formula is C16H12N2O8S2. The van der Waals surface area contributed by atoms with E-state index in [1.807, 2.05) is 0 Å². The van der Waals surface area contributed by atoms with Crippen molar-refractivity contribution >= 4 is 42.5 Å². The molecular weight excluding hydrogens is 412 g/mol. The number of fused-ring (bicyclic) bond motifs is 2. The molecule has 4 rings (SSSR count). The summed E-state index contributed by atoms with van der Waals surface area (Å²) < 4.78 is 65.6. The number of nitrogens with zero attached hydrogens (tertiary/aromatic N) is 1. The molecule has 0 saturated heterocycles. The van der Waals surface area contributed by atoms with Crippen molar-refractivity contribution in [2.75, 3.05) is 0 Å². The van der Waals surface area contributed by atoms with Gasteiger partial charge in [0.05, 0.1) is 22.5 Å². The van der Waals surface area contributed by atoms with E-state index in [1.165, 1.54) is 24.3 Å². The SMILES string of the molecule is O=S(=O)(O)c1cccc2c1N=C(c1c(O)[nH]c3cccc(S(=O)(=O)O)c13)C2O. The summed E-state index contributed by atoms with van der Waals surface area (Å²) in [6.07, 6.45) is -1.52. The minimum absolute atomic E-state index is 0.0446. The van der Waals surface area contributed by atoms with Gasteiger partial charge in [0.15, 0.2) is 5.88 Å². The molecule has 0 fully saturated rings. The molecule has 1 aliphatic heterocycles. The molecule has 0 spiro atoms. The third kappa shape index (κ3) is 2.70. The van der Waals surface area contributed by atoms with E-state index in [1.54, 1.807) is 0 Å². The van der Waals surface area contributed by atoms with Gasteiger partial charge in [0.1, 0.15) is 15.9 Å². The Morgan fingerprint density at radius 3 is 2.18 bits per heavy atom. The quantitative estimate of drug-likeness (QED) is 0.393. The van der Waals surface area contributed by atoms with E-state index in [4.69, 9.17) is 0 Å². The first-order chi connectivity index (χ1) is 13.0. The summed E-state index contributed by atoms with van der Waals surface area (Å²) in [6.45, 7) is 0. The van der Waals surface area contributed by atoms with Crippen LogP contribution in [-0.2, 0) is 20.2 Å². The van der Waals surface area contributed by atoms with Gasteiger partial charge in [0.2, 0.25) is 0 Å². The van der Waals surface area contributed by atoms with Crippen LogP contribution in [0, 0.1) is 0 Å². The van der Waals surface area contributed by atoms with Crippen molar-refractivity contribution in [2.24, 2.45) is 4.99 Å².